The zero-order valence-corrected chi connectivity index (χ0v) is 9.71. The quantitative estimate of drug-likeness (QED) is 0.528. The highest BCUT2D eigenvalue weighted by Gasteiger charge is 2.39. The minimum atomic E-state index is -4.36. The van der Waals surface area contributed by atoms with Crippen molar-refractivity contribution in [2.75, 3.05) is 0 Å². The summed E-state index contributed by atoms with van der Waals surface area (Å²) < 4.78 is 50.2. The second-order valence-corrected chi connectivity index (χ2v) is 4.29. The fourth-order valence-electron chi connectivity index (χ4n) is 1.31. The summed E-state index contributed by atoms with van der Waals surface area (Å²) in [5.41, 5.74) is 0.469. The van der Waals surface area contributed by atoms with Crippen LogP contribution in [0.5, 0.6) is 0 Å². The van der Waals surface area contributed by atoms with E-state index in [1.807, 2.05) is 0 Å². The second kappa shape index (κ2) is 4.12. The summed E-state index contributed by atoms with van der Waals surface area (Å²) in [6, 6.07) is 2.41. The van der Waals surface area contributed by atoms with Gasteiger partial charge in [0, 0.05) is 0 Å². The van der Waals surface area contributed by atoms with Gasteiger partial charge in [-0.05, 0) is 30.5 Å². The minimum Gasteiger partial charge on any atom is -0.206 e. The maximum atomic E-state index is 13.2. The van der Waals surface area contributed by atoms with Crippen LogP contribution in [0, 0.1) is 19.7 Å². The first-order valence-electron chi connectivity index (χ1n) is 4.21. The molecule has 1 rings (SSSR count). The Bertz CT molecular complexity index is 347. The molecule has 5 heteroatoms. The molecule has 0 heterocycles. The topological polar surface area (TPSA) is 0 Å². The van der Waals surface area contributed by atoms with E-state index in [9.17, 15) is 17.6 Å². The predicted molar refractivity (Wildman–Crippen MR) is 53.6 cm³/mol. The molecule has 0 aromatic heterocycles. The van der Waals surface area contributed by atoms with Crippen LogP contribution < -0.4 is 0 Å². The third kappa shape index (κ3) is 2.71. The van der Waals surface area contributed by atoms with Crippen molar-refractivity contribution >= 4 is 15.9 Å². The molecule has 15 heavy (non-hydrogen) atoms. The van der Waals surface area contributed by atoms with Crippen molar-refractivity contribution in [3.05, 3.63) is 34.6 Å². The predicted octanol–water partition coefficient (Wildman–Crippen LogP) is 4.44. The van der Waals surface area contributed by atoms with Crippen molar-refractivity contribution in [3.63, 3.8) is 0 Å². The zero-order valence-electron chi connectivity index (χ0n) is 8.12. The molecule has 0 amide bonds. The molecule has 1 atom stereocenters. The molecule has 0 nitrogen and oxygen atoms in total. The molecule has 0 aliphatic heterocycles. The molecule has 0 saturated carbocycles. The highest BCUT2D eigenvalue weighted by Crippen LogP contribution is 2.40. The summed E-state index contributed by atoms with van der Waals surface area (Å²) >= 11 is 2.55. The van der Waals surface area contributed by atoms with Gasteiger partial charge in [-0.3, -0.25) is 0 Å². The largest absolute Gasteiger partial charge is 0.405 e. The monoisotopic (exact) mass is 284 g/mol. The van der Waals surface area contributed by atoms with Crippen LogP contribution in [-0.2, 0) is 0 Å². The molecule has 0 N–H and O–H groups in total. The maximum absolute atomic E-state index is 13.2. The van der Waals surface area contributed by atoms with E-state index in [1.54, 1.807) is 0 Å². The van der Waals surface area contributed by atoms with Gasteiger partial charge in [0.05, 0.1) is 0 Å². The van der Waals surface area contributed by atoms with Crippen LogP contribution in [0.2, 0.25) is 0 Å². The number of hydrogen-bond donors (Lipinski definition) is 0. The Morgan fingerprint density at radius 3 is 1.87 bits per heavy atom. The number of aryl methyl sites for hydroxylation is 2. The van der Waals surface area contributed by atoms with Crippen molar-refractivity contribution in [2.45, 2.75) is 24.9 Å². The normalized spacial score (nSPS) is 14.1. The van der Waals surface area contributed by atoms with Gasteiger partial charge >= 0.3 is 6.18 Å². The van der Waals surface area contributed by atoms with Gasteiger partial charge in [0.25, 0.3) is 0 Å². The summed E-state index contributed by atoms with van der Waals surface area (Å²) in [4.78, 5) is -1.75. The molecule has 0 radical (unpaired) electrons. The van der Waals surface area contributed by atoms with Crippen molar-refractivity contribution < 1.29 is 17.6 Å². The lowest BCUT2D eigenvalue weighted by molar-refractivity contribution is -0.128. The van der Waals surface area contributed by atoms with Gasteiger partial charge in [0.2, 0.25) is 0 Å². The van der Waals surface area contributed by atoms with E-state index in [4.69, 9.17) is 0 Å². The van der Waals surface area contributed by atoms with Crippen LogP contribution in [0.1, 0.15) is 21.5 Å². The summed E-state index contributed by atoms with van der Waals surface area (Å²) in [5, 5.41) is 0. The molecule has 0 saturated heterocycles. The average molecular weight is 285 g/mol. The SMILES string of the molecule is Cc1cc(C(Br)C(F)(F)F)cc(C)c1F. The van der Waals surface area contributed by atoms with Gasteiger partial charge in [0.1, 0.15) is 10.6 Å². The van der Waals surface area contributed by atoms with Crippen LogP contribution in [0.4, 0.5) is 17.6 Å². The van der Waals surface area contributed by atoms with Crippen LogP contribution >= 0.6 is 15.9 Å². The van der Waals surface area contributed by atoms with Gasteiger partial charge < -0.3 is 0 Å². The molecule has 84 valence electrons. The molecular formula is C10H9BrF4. The van der Waals surface area contributed by atoms with Crippen LogP contribution in [-0.4, -0.2) is 6.18 Å². The lowest BCUT2D eigenvalue weighted by atomic mass is 10.0. The smallest absolute Gasteiger partial charge is 0.206 e. The molecule has 0 spiro atoms. The fraction of sp³-hybridized carbons (Fsp3) is 0.400. The first kappa shape index (κ1) is 12.5. The lowest BCUT2D eigenvalue weighted by Crippen LogP contribution is -2.15. The molecule has 0 fully saturated rings. The second-order valence-electron chi connectivity index (χ2n) is 3.37. The number of halogens is 5. The van der Waals surface area contributed by atoms with Gasteiger partial charge in [-0.15, -0.1) is 0 Å². The van der Waals surface area contributed by atoms with Crippen molar-refractivity contribution in [1.82, 2.24) is 0 Å². The van der Waals surface area contributed by atoms with E-state index in [-0.39, 0.29) is 16.7 Å². The Balaban J connectivity index is 3.17. The van der Waals surface area contributed by atoms with Crippen LogP contribution in [0.3, 0.4) is 0 Å². The Morgan fingerprint density at radius 1 is 1.13 bits per heavy atom. The molecule has 1 aromatic rings. The van der Waals surface area contributed by atoms with Gasteiger partial charge in [-0.25, -0.2) is 4.39 Å². The molecule has 0 bridgehead atoms. The standard InChI is InChI=1S/C10H9BrF4/c1-5-3-7(4-6(2)8(5)12)9(11)10(13,14)15/h3-4,9H,1-2H3. The first-order chi connectivity index (χ1) is 6.73. The van der Waals surface area contributed by atoms with Crippen LogP contribution in [0.15, 0.2) is 12.1 Å². The van der Waals surface area contributed by atoms with Crippen molar-refractivity contribution in [1.29, 1.82) is 0 Å². The van der Waals surface area contributed by atoms with E-state index < -0.39 is 16.8 Å². The summed E-state index contributed by atoms with van der Waals surface area (Å²) in [6.45, 7) is 2.89. The Morgan fingerprint density at radius 2 is 1.53 bits per heavy atom. The Hall–Kier alpha value is -0.580. The van der Waals surface area contributed by atoms with Gasteiger partial charge in [0.15, 0.2) is 0 Å². The van der Waals surface area contributed by atoms with E-state index in [2.05, 4.69) is 15.9 Å². The highest BCUT2D eigenvalue weighted by atomic mass is 79.9. The Labute approximate surface area is 93.4 Å². The third-order valence-corrected chi connectivity index (χ3v) is 3.09. The van der Waals surface area contributed by atoms with E-state index >= 15 is 0 Å². The highest BCUT2D eigenvalue weighted by molar-refractivity contribution is 9.09. The fourth-order valence-corrected chi connectivity index (χ4v) is 1.58. The van der Waals surface area contributed by atoms with Crippen LogP contribution in [0.25, 0.3) is 0 Å². The summed E-state index contributed by atoms with van der Waals surface area (Å²) in [7, 11) is 0. The zero-order chi connectivity index (χ0) is 11.8. The maximum Gasteiger partial charge on any atom is 0.405 e. The number of alkyl halides is 4. The molecule has 0 aliphatic rings. The molecule has 0 aliphatic carbocycles. The number of benzene rings is 1. The van der Waals surface area contributed by atoms with Crippen molar-refractivity contribution in [2.24, 2.45) is 0 Å². The summed E-state index contributed by atoms with van der Waals surface area (Å²) in [6.07, 6.45) is -4.36. The molecule has 1 aromatic carbocycles. The van der Waals surface area contributed by atoms with E-state index in [1.165, 1.54) is 26.0 Å². The van der Waals surface area contributed by atoms with Gasteiger partial charge in [-0.2, -0.15) is 13.2 Å². The first-order valence-corrected chi connectivity index (χ1v) is 5.12. The number of hydrogen-bond acceptors (Lipinski definition) is 0. The minimum absolute atomic E-state index is 0.0268. The third-order valence-electron chi connectivity index (χ3n) is 2.04. The lowest BCUT2D eigenvalue weighted by Gasteiger charge is -2.15. The van der Waals surface area contributed by atoms with E-state index in [0.717, 1.165) is 0 Å². The molecular weight excluding hydrogens is 276 g/mol. The Kier molecular flexibility index (Phi) is 3.43. The summed E-state index contributed by atoms with van der Waals surface area (Å²) in [5.74, 6) is -0.458. The molecule has 1 unspecified atom stereocenters. The van der Waals surface area contributed by atoms with Crippen molar-refractivity contribution in [3.8, 4) is 0 Å². The average Bonchev–Trinajstić information content (AvgIpc) is 2.10. The van der Waals surface area contributed by atoms with Gasteiger partial charge in [-0.1, -0.05) is 28.1 Å². The number of rotatable bonds is 1. The van der Waals surface area contributed by atoms with E-state index in [0.29, 0.717) is 0 Å².